The molecule has 0 heterocycles. The summed E-state index contributed by atoms with van der Waals surface area (Å²) in [5, 5.41) is 8.65. The first-order valence-electron chi connectivity index (χ1n) is 4.75. The zero-order valence-corrected chi connectivity index (χ0v) is 8.41. The van der Waals surface area contributed by atoms with Gasteiger partial charge >= 0.3 is 0 Å². The molecule has 0 aliphatic heterocycles. The third-order valence-electron chi connectivity index (χ3n) is 2.22. The van der Waals surface area contributed by atoms with Gasteiger partial charge in [0.15, 0.2) is 0 Å². The first-order chi connectivity index (χ1) is 7.19. The number of nitrogens with zero attached hydrogens (tertiary/aromatic N) is 1. The number of hydrogen-bond donors (Lipinski definition) is 1. The van der Waals surface area contributed by atoms with E-state index in [9.17, 15) is 4.39 Å². The molecule has 1 aromatic carbocycles. The van der Waals surface area contributed by atoms with Gasteiger partial charge in [0, 0.05) is 6.04 Å². The van der Waals surface area contributed by atoms with Gasteiger partial charge in [0.2, 0.25) is 0 Å². The van der Waals surface area contributed by atoms with Gasteiger partial charge in [-0.25, -0.2) is 4.39 Å². The lowest BCUT2D eigenvalue weighted by molar-refractivity contribution is 0.617. The molecule has 0 saturated heterocycles. The van der Waals surface area contributed by atoms with Gasteiger partial charge in [0.25, 0.3) is 0 Å². The van der Waals surface area contributed by atoms with Gasteiger partial charge in [-0.15, -0.1) is 6.58 Å². The molecule has 2 N–H and O–H groups in total. The fourth-order valence-electron chi connectivity index (χ4n) is 1.32. The Morgan fingerprint density at radius 2 is 2.33 bits per heavy atom. The Morgan fingerprint density at radius 1 is 1.60 bits per heavy atom. The Bertz CT molecular complexity index is 393. The molecule has 1 aromatic rings. The first-order valence-corrected chi connectivity index (χ1v) is 4.75. The Balaban J connectivity index is 2.86. The minimum Gasteiger partial charge on any atom is -0.324 e. The summed E-state index contributed by atoms with van der Waals surface area (Å²) in [6.45, 7) is 3.61. The van der Waals surface area contributed by atoms with Crippen LogP contribution >= 0.6 is 0 Å². The molecular formula is C12H13FN2. The third kappa shape index (κ3) is 2.90. The summed E-state index contributed by atoms with van der Waals surface area (Å²) < 4.78 is 13.0. The van der Waals surface area contributed by atoms with Crippen molar-refractivity contribution in [2.45, 2.75) is 18.9 Å². The topological polar surface area (TPSA) is 49.8 Å². The highest BCUT2D eigenvalue weighted by Crippen LogP contribution is 2.18. The second kappa shape index (κ2) is 5.28. The minimum absolute atomic E-state index is 0.0431. The molecule has 0 aliphatic rings. The largest absolute Gasteiger partial charge is 0.324 e. The lowest BCUT2D eigenvalue weighted by atomic mass is 10.0. The Morgan fingerprint density at radius 3 is 2.93 bits per heavy atom. The van der Waals surface area contributed by atoms with E-state index in [4.69, 9.17) is 11.0 Å². The van der Waals surface area contributed by atoms with Gasteiger partial charge in [-0.3, -0.25) is 0 Å². The van der Waals surface area contributed by atoms with Crippen molar-refractivity contribution in [2.24, 2.45) is 5.73 Å². The smallest absolute Gasteiger partial charge is 0.140 e. The SMILES string of the molecule is C=CCC[C@@H](N)c1ccc(F)c(C#N)c1. The number of hydrogen-bond acceptors (Lipinski definition) is 2. The first kappa shape index (κ1) is 11.4. The van der Waals surface area contributed by atoms with E-state index < -0.39 is 5.82 Å². The standard InChI is InChI=1S/C12H13FN2/c1-2-3-4-12(15)9-5-6-11(13)10(7-9)8-14/h2,5-7,12H,1,3-4,15H2/t12-/m1/s1. The predicted octanol–water partition coefficient (Wildman–Crippen LogP) is 2.66. The highest BCUT2D eigenvalue weighted by molar-refractivity contribution is 5.35. The molecule has 1 atom stereocenters. The van der Waals surface area contributed by atoms with Crippen LogP contribution in [0.5, 0.6) is 0 Å². The van der Waals surface area contributed by atoms with Gasteiger partial charge in [-0.1, -0.05) is 12.1 Å². The maximum Gasteiger partial charge on any atom is 0.140 e. The van der Waals surface area contributed by atoms with Crippen molar-refractivity contribution < 1.29 is 4.39 Å². The van der Waals surface area contributed by atoms with Crippen molar-refractivity contribution >= 4 is 0 Å². The molecule has 0 aliphatic carbocycles. The Kier molecular flexibility index (Phi) is 4.02. The van der Waals surface area contributed by atoms with Gasteiger partial charge in [0.05, 0.1) is 5.56 Å². The molecule has 0 saturated carbocycles. The van der Waals surface area contributed by atoms with Crippen molar-refractivity contribution in [2.75, 3.05) is 0 Å². The molecule has 2 nitrogen and oxygen atoms in total. The van der Waals surface area contributed by atoms with E-state index >= 15 is 0 Å². The normalized spacial score (nSPS) is 11.8. The van der Waals surface area contributed by atoms with Crippen LogP contribution < -0.4 is 5.73 Å². The average molecular weight is 204 g/mol. The van der Waals surface area contributed by atoms with Crippen LogP contribution in [0.15, 0.2) is 30.9 Å². The minimum atomic E-state index is -0.503. The predicted molar refractivity (Wildman–Crippen MR) is 57.5 cm³/mol. The van der Waals surface area contributed by atoms with Crippen LogP contribution in [0.4, 0.5) is 4.39 Å². The van der Waals surface area contributed by atoms with Crippen LogP contribution in [0.2, 0.25) is 0 Å². The zero-order valence-electron chi connectivity index (χ0n) is 8.41. The quantitative estimate of drug-likeness (QED) is 0.766. The van der Waals surface area contributed by atoms with Gasteiger partial charge in [-0.05, 0) is 30.5 Å². The summed E-state index contributed by atoms with van der Waals surface area (Å²) in [4.78, 5) is 0. The van der Waals surface area contributed by atoms with E-state index in [0.717, 1.165) is 18.4 Å². The Labute approximate surface area is 88.8 Å². The number of halogens is 1. The van der Waals surface area contributed by atoms with Crippen molar-refractivity contribution in [1.29, 1.82) is 5.26 Å². The number of rotatable bonds is 4. The summed E-state index contributed by atoms with van der Waals surface area (Å²) in [6.07, 6.45) is 3.34. The second-order valence-corrected chi connectivity index (χ2v) is 3.32. The van der Waals surface area contributed by atoms with Crippen LogP contribution in [-0.2, 0) is 0 Å². The fraction of sp³-hybridized carbons (Fsp3) is 0.250. The molecule has 0 fully saturated rings. The molecule has 0 unspecified atom stereocenters. The number of nitrogens with two attached hydrogens (primary N) is 1. The summed E-state index contributed by atoms with van der Waals surface area (Å²) in [7, 11) is 0. The molecule has 0 radical (unpaired) electrons. The van der Waals surface area contributed by atoms with Crippen molar-refractivity contribution in [3.05, 3.63) is 47.8 Å². The number of benzene rings is 1. The van der Waals surface area contributed by atoms with E-state index in [-0.39, 0.29) is 11.6 Å². The molecule has 15 heavy (non-hydrogen) atoms. The van der Waals surface area contributed by atoms with E-state index in [2.05, 4.69) is 6.58 Å². The van der Waals surface area contributed by atoms with Crippen LogP contribution in [-0.4, -0.2) is 0 Å². The molecule has 78 valence electrons. The highest BCUT2D eigenvalue weighted by atomic mass is 19.1. The molecule has 0 amide bonds. The average Bonchev–Trinajstić information content (AvgIpc) is 2.26. The Hall–Kier alpha value is -1.66. The highest BCUT2D eigenvalue weighted by Gasteiger charge is 2.08. The lowest BCUT2D eigenvalue weighted by Crippen LogP contribution is -2.10. The van der Waals surface area contributed by atoms with Crippen LogP contribution in [0, 0.1) is 17.1 Å². The monoisotopic (exact) mass is 204 g/mol. The maximum absolute atomic E-state index is 13.0. The van der Waals surface area contributed by atoms with E-state index in [1.54, 1.807) is 18.2 Å². The molecule has 3 heteroatoms. The molecule has 0 bridgehead atoms. The van der Waals surface area contributed by atoms with Crippen molar-refractivity contribution in [1.82, 2.24) is 0 Å². The van der Waals surface area contributed by atoms with Crippen LogP contribution in [0.25, 0.3) is 0 Å². The van der Waals surface area contributed by atoms with Crippen molar-refractivity contribution in [3.8, 4) is 6.07 Å². The summed E-state index contributed by atoms with van der Waals surface area (Å²) in [5.41, 5.74) is 6.71. The molecular weight excluding hydrogens is 191 g/mol. The number of allylic oxidation sites excluding steroid dienone is 1. The lowest BCUT2D eigenvalue weighted by Gasteiger charge is -2.10. The molecule has 1 rings (SSSR count). The fourth-order valence-corrected chi connectivity index (χ4v) is 1.32. The van der Waals surface area contributed by atoms with E-state index in [1.165, 1.54) is 12.1 Å². The van der Waals surface area contributed by atoms with E-state index in [0.29, 0.717) is 0 Å². The maximum atomic E-state index is 13.0. The zero-order chi connectivity index (χ0) is 11.3. The number of nitriles is 1. The summed E-state index contributed by atoms with van der Waals surface area (Å²) in [6, 6.07) is 6.02. The third-order valence-corrected chi connectivity index (χ3v) is 2.22. The van der Waals surface area contributed by atoms with Crippen LogP contribution in [0.1, 0.15) is 30.0 Å². The van der Waals surface area contributed by atoms with Gasteiger partial charge in [-0.2, -0.15) is 5.26 Å². The van der Waals surface area contributed by atoms with Gasteiger partial charge in [0.1, 0.15) is 11.9 Å². The molecule has 0 spiro atoms. The summed E-state index contributed by atoms with van der Waals surface area (Å²) >= 11 is 0. The second-order valence-electron chi connectivity index (χ2n) is 3.32. The van der Waals surface area contributed by atoms with Crippen molar-refractivity contribution in [3.63, 3.8) is 0 Å². The van der Waals surface area contributed by atoms with Crippen LogP contribution in [0.3, 0.4) is 0 Å². The van der Waals surface area contributed by atoms with Gasteiger partial charge < -0.3 is 5.73 Å². The summed E-state index contributed by atoms with van der Waals surface area (Å²) in [5.74, 6) is -0.503. The van der Waals surface area contributed by atoms with E-state index in [1.807, 2.05) is 0 Å². The molecule has 0 aromatic heterocycles.